The molecule has 2 aromatic heterocycles. The first kappa shape index (κ1) is 15.5. The zero-order valence-corrected chi connectivity index (χ0v) is 14.1. The lowest BCUT2D eigenvalue weighted by Gasteiger charge is -2.13. The number of nitrogens with one attached hydrogen (secondary N) is 2. The van der Waals surface area contributed by atoms with Crippen molar-refractivity contribution in [1.29, 1.82) is 0 Å². The SMILES string of the molecule is Nc1c(Nc2ccc(Cl)cn2)ncnc1Nc1ccccc1Br. The van der Waals surface area contributed by atoms with Crippen LogP contribution in [0.1, 0.15) is 0 Å². The lowest BCUT2D eigenvalue weighted by Crippen LogP contribution is -2.06. The van der Waals surface area contributed by atoms with Gasteiger partial charge in [0.15, 0.2) is 11.6 Å². The van der Waals surface area contributed by atoms with Gasteiger partial charge in [0.05, 0.1) is 10.7 Å². The molecular formula is C15H12BrClN6. The van der Waals surface area contributed by atoms with Crippen LogP contribution in [0.3, 0.4) is 0 Å². The van der Waals surface area contributed by atoms with Gasteiger partial charge in [-0.05, 0) is 40.2 Å². The van der Waals surface area contributed by atoms with Crippen molar-refractivity contribution in [3.63, 3.8) is 0 Å². The van der Waals surface area contributed by atoms with Crippen LogP contribution >= 0.6 is 27.5 Å². The molecule has 0 aliphatic heterocycles. The van der Waals surface area contributed by atoms with Gasteiger partial charge in [0.25, 0.3) is 0 Å². The maximum atomic E-state index is 6.14. The third-order valence-corrected chi connectivity index (χ3v) is 3.90. The molecule has 0 saturated heterocycles. The number of halogens is 2. The minimum atomic E-state index is 0.389. The van der Waals surface area contributed by atoms with Crippen molar-refractivity contribution < 1.29 is 0 Å². The molecule has 0 radical (unpaired) electrons. The second kappa shape index (κ2) is 6.80. The van der Waals surface area contributed by atoms with E-state index >= 15 is 0 Å². The lowest BCUT2D eigenvalue weighted by molar-refractivity contribution is 1.16. The normalized spacial score (nSPS) is 10.3. The number of nitrogens with two attached hydrogens (primary N) is 1. The Hall–Kier alpha value is -2.38. The molecule has 8 heteroatoms. The van der Waals surface area contributed by atoms with Crippen LogP contribution in [0, 0.1) is 0 Å². The molecule has 1 aromatic carbocycles. The Kier molecular flexibility index (Phi) is 4.59. The predicted molar refractivity (Wildman–Crippen MR) is 96.4 cm³/mol. The second-order valence-corrected chi connectivity index (χ2v) is 5.87. The number of nitrogens with zero attached hydrogens (tertiary/aromatic N) is 3. The fraction of sp³-hybridized carbons (Fsp3) is 0. The van der Waals surface area contributed by atoms with Gasteiger partial charge in [0, 0.05) is 10.7 Å². The third kappa shape index (κ3) is 3.69. The summed E-state index contributed by atoms with van der Waals surface area (Å²) in [4.78, 5) is 12.5. The van der Waals surface area contributed by atoms with Crippen molar-refractivity contribution in [2.45, 2.75) is 0 Å². The van der Waals surface area contributed by atoms with Gasteiger partial charge in [-0.3, -0.25) is 0 Å². The Labute approximate surface area is 146 Å². The summed E-state index contributed by atoms with van der Waals surface area (Å²) in [5.74, 6) is 1.55. The molecule has 0 atom stereocenters. The summed E-state index contributed by atoms with van der Waals surface area (Å²) in [6.07, 6.45) is 2.97. The van der Waals surface area contributed by atoms with Crippen LogP contribution in [-0.2, 0) is 0 Å². The molecule has 4 N–H and O–H groups in total. The number of anilines is 5. The summed E-state index contributed by atoms with van der Waals surface area (Å²) < 4.78 is 0.909. The number of benzene rings is 1. The molecule has 6 nitrogen and oxygen atoms in total. The number of hydrogen-bond acceptors (Lipinski definition) is 6. The quantitative estimate of drug-likeness (QED) is 0.612. The van der Waals surface area contributed by atoms with E-state index in [0.29, 0.717) is 28.2 Å². The van der Waals surface area contributed by atoms with E-state index in [-0.39, 0.29) is 0 Å². The predicted octanol–water partition coefficient (Wildman–Crippen LogP) is 4.36. The number of hydrogen-bond donors (Lipinski definition) is 3. The standard InChI is InChI=1S/C15H12BrClN6/c16-10-3-1-2-4-11(10)22-14-13(18)15(21-8-20-14)23-12-6-5-9(17)7-19-12/h1-8H,18H2,(H2,19,20,21,22,23). The summed E-state index contributed by atoms with van der Waals surface area (Å²) in [6.45, 7) is 0. The van der Waals surface area contributed by atoms with Crippen LogP contribution in [0.25, 0.3) is 0 Å². The van der Waals surface area contributed by atoms with E-state index in [1.807, 2.05) is 24.3 Å². The molecule has 23 heavy (non-hydrogen) atoms. The summed E-state index contributed by atoms with van der Waals surface area (Å²) in [5, 5.41) is 6.77. The smallest absolute Gasteiger partial charge is 0.160 e. The number of aromatic nitrogens is 3. The molecule has 0 saturated carbocycles. The molecule has 116 valence electrons. The van der Waals surface area contributed by atoms with Crippen molar-refractivity contribution in [3.8, 4) is 0 Å². The van der Waals surface area contributed by atoms with Crippen molar-refractivity contribution in [1.82, 2.24) is 15.0 Å². The highest BCUT2D eigenvalue weighted by Gasteiger charge is 2.10. The Morgan fingerprint density at radius 3 is 2.39 bits per heavy atom. The number of nitrogen functional groups attached to an aromatic ring is 1. The molecule has 3 aromatic rings. The van der Waals surface area contributed by atoms with Gasteiger partial charge in [-0.2, -0.15) is 0 Å². The lowest BCUT2D eigenvalue weighted by atomic mass is 10.3. The average Bonchev–Trinajstić information content (AvgIpc) is 2.55. The molecule has 0 bridgehead atoms. The molecule has 0 unspecified atom stereocenters. The summed E-state index contributed by atoms with van der Waals surface area (Å²) >= 11 is 9.29. The Balaban J connectivity index is 1.86. The maximum absolute atomic E-state index is 6.14. The molecule has 0 aliphatic rings. The molecule has 3 rings (SSSR count). The molecule has 0 amide bonds. The van der Waals surface area contributed by atoms with E-state index in [4.69, 9.17) is 17.3 Å². The Bertz CT molecular complexity index is 824. The first-order valence-electron chi connectivity index (χ1n) is 6.64. The van der Waals surface area contributed by atoms with Crippen LogP contribution < -0.4 is 16.4 Å². The first-order chi connectivity index (χ1) is 11.1. The monoisotopic (exact) mass is 390 g/mol. The largest absolute Gasteiger partial charge is 0.393 e. The third-order valence-electron chi connectivity index (χ3n) is 2.98. The van der Waals surface area contributed by atoms with Gasteiger partial charge in [0.1, 0.15) is 17.8 Å². The van der Waals surface area contributed by atoms with Gasteiger partial charge in [-0.25, -0.2) is 15.0 Å². The first-order valence-corrected chi connectivity index (χ1v) is 7.81. The van der Waals surface area contributed by atoms with Gasteiger partial charge in [0.2, 0.25) is 0 Å². The van der Waals surface area contributed by atoms with Crippen molar-refractivity contribution >= 4 is 56.4 Å². The highest BCUT2D eigenvalue weighted by molar-refractivity contribution is 9.10. The van der Waals surface area contributed by atoms with Gasteiger partial charge >= 0.3 is 0 Å². The Morgan fingerprint density at radius 1 is 0.957 bits per heavy atom. The fourth-order valence-corrected chi connectivity index (χ4v) is 2.35. The van der Waals surface area contributed by atoms with E-state index in [2.05, 4.69) is 41.5 Å². The fourth-order valence-electron chi connectivity index (χ4n) is 1.86. The topological polar surface area (TPSA) is 88.8 Å². The zero-order valence-electron chi connectivity index (χ0n) is 11.8. The Morgan fingerprint density at radius 2 is 1.70 bits per heavy atom. The number of para-hydroxylation sites is 1. The molecule has 2 heterocycles. The number of rotatable bonds is 4. The molecule has 0 fully saturated rings. The van der Waals surface area contributed by atoms with Gasteiger partial charge < -0.3 is 16.4 Å². The molecule has 0 aliphatic carbocycles. The summed E-state index contributed by atoms with van der Waals surface area (Å²) in [7, 11) is 0. The van der Waals surface area contributed by atoms with Crippen molar-refractivity contribution in [3.05, 3.63) is 58.4 Å². The van der Waals surface area contributed by atoms with E-state index in [0.717, 1.165) is 10.2 Å². The van der Waals surface area contributed by atoms with Crippen molar-refractivity contribution in [2.24, 2.45) is 0 Å². The minimum Gasteiger partial charge on any atom is -0.393 e. The van der Waals surface area contributed by atoms with Crippen LogP contribution in [-0.4, -0.2) is 15.0 Å². The van der Waals surface area contributed by atoms with Crippen LogP contribution in [0.2, 0.25) is 5.02 Å². The maximum Gasteiger partial charge on any atom is 0.160 e. The second-order valence-electron chi connectivity index (χ2n) is 4.58. The van der Waals surface area contributed by atoms with E-state index in [9.17, 15) is 0 Å². The summed E-state index contributed by atoms with van der Waals surface area (Å²) in [5.41, 5.74) is 7.38. The van der Waals surface area contributed by atoms with Crippen LogP contribution in [0.15, 0.2) is 53.4 Å². The van der Waals surface area contributed by atoms with Crippen LogP contribution in [0.4, 0.5) is 28.8 Å². The van der Waals surface area contributed by atoms with Gasteiger partial charge in [-0.15, -0.1) is 0 Å². The van der Waals surface area contributed by atoms with Crippen LogP contribution in [0.5, 0.6) is 0 Å². The molecular weight excluding hydrogens is 380 g/mol. The summed E-state index contributed by atoms with van der Waals surface area (Å²) in [6, 6.07) is 11.2. The molecule has 0 spiro atoms. The average molecular weight is 392 g/mol. The highest BCUT2D eigenvalue weighted by atomic mass is 79.9. The highest BCUT2D eigenvalue weighted by Crippen LogP contribution is 2.30. The van der Waals surface area contributed by atoms with E-state index < -0.39 is 0 Å². The number of pyridine rings is 1. The zero-order chi connectivity index (χ0) is 16.2. The van der Waals surface area contributed by atoms with E-state index in [1.54, 1.807) is 18.3 Å². The van der Waals surface area contributed by atoms with E-state index in [1.165, 1.54) is 6.33 Å². The van der Waals surface area contributed by atoms with Crippen molar-refractivity contribution in [2.75, 3.05) is 16.4 Å². The van der Waals surface area contributed by atoms with Gasteiger partial charge in [-0.1, -0.05) is 23.7 Å². The minimum absolute atomic E-state index is 0.389.